The van der Waals surface area contributed by atoms with Gasteiger partial charge in [0.1, 0.15) is 0 Å². The first-order valence-electron chi connectivity index (χ1n) is 11.8. The first-order chi connectivity index (χ1) is 17.3. The van der Waals surface area contributed by atoms with Crippen molar-refractivity contribution in [1.29, 1.82) is 0 Å². The van der Waals surface area contributed by atoms with E-state index < -0.39 is 0 Å². The second-order valence-electron chi connectivity index (χ2n) is 8.35. The summed E-state index contributed by atoms with van der Waals surface area (Å²) in [5, 5.41) is 0. The van der Waals surface area contributed by atoms with E-state index in [9.17, 15) is 0 Å². The maximum atomic E-state index is 6.20. The molecule has 5 aromatic rings. The molecule has 0 radical (unpaired) electrons. The Kier molecular flexibility index (Phi) is 6.49. The molecule has 0 saturated carbocycles. The molecule has 0 heterocycles. The molecule has 35 heavy (non-hydrogen) atoms. The first kappa shape index (κ1) is 22.3. The van der Waals surface area contributed by atoms with E-state index in [1.807, 2.05) is 24.3 Å². The fourth-order valence-electron chi connectivity index (χ4n) is 4.44. The van der Waals surface area contributed by atoms with Gasteiger partial charge in [-0.05, 0) is 73.2 Å². The molecule has 0 bridgehead atoms. The van der Waals surface area contributed by atoms with E-state index in [0.29, 0.717) is 0 Å². The van der Waals surface area contributed by atoms with Crippen LogP contribution >= 0.6 is 0 Å². The topological polar surface area (TPSA) is 15.7 Å². The SMILES string of the molecule is COc1c(N(c2ccccc2)c2ccccc2)cc(C)cc1N(c1ccccc1)c1ccccc1. The maximum absolute atomic E-state index is 6.20. The van der Waals surface area contributed by atoms with Crippen LogP contribution in [0.1, 0.15) is 5.56 Å². The van der Waals surface area contributed by atoms with Gasteiger partial charge in [-0.3, -0.25) is 0 Å². The lowest BCUT2D eigenvalue weighted by atomic mass is 10.1. The van der Waals surface area contributed by atoms with Gasteiger partial charge in [-0.25, -0.2) is 0 Å². The third-order valence-corrected chi connectivity index (χ3v) is 5.94. The average molecular weight is 457 g/mol. The lowest BCUT2D eigenvalue weighted by Crippen LogP contribution is -2.15. The Labute approximate surface area is 207 Å². The molecular formula is C32H28N2O. The van der Waals surface area contributed by atoms with E-state index in [2.05, 4.69) is 126 Å². The van der Waals surface area contributed by atoms with Crippen molar-refractivity contribution in [3.8, 4) is 5.75 Å². The van der Waals surface area contributed by atoms with Crippen molar-refractivity contribution < 1.29 is 4.74 Å². The molecule has 0 amide bonds. The number of anilines is 6. The highest BCUT2D eigenvalue weighted by Gasteiger charge is 2.24. The van der Waals surface area contributed by atoms with Crippen LogP contribution in [-0.4, -0.2) is 7.11 Å². The minimum Gasteiger partial charge on any atom is -0.492 e. The zero-order chi connectivity index (χ0) is 24.0. The van der Waals surface area contributed by atoms with Crippen LogP contribution in [0.15, 0.2) is 133 Å². The Morgan fingerprint density at radius 1 is 0.457 bits per heavy atom. The van der Waals surface area contributed by atoms with E-state index in [0.717, 1.165) is 45.4 Å². The Balaban J connectivity index is 1.78. The highest BCUT2D eigenvalue weighted by atomic mass is 16.5. The molecule has 0 N–H and O–H groups in total. The smallest absolute Gasteiger partial charge is 0.166 e. The highest BCUT2D eigenvalue weighted by Crippen LogP contribution is 2.49. The van der Waals surface area contributed by atoms with Gasteiger partial charge < -0.3 is 14.5 Å². The van der Waals surface area contributed by atoms with E-state index in [4.69, 9.17) is 4.74 Å². The van der Waals surface area contributed by atoms with Crippen LogP contribution in [-0.2, 0) is 0 Å². The molecule has 0 aromatic heterocycles. The van der Waals surface area contributed by atoms with Gasteiger partial charge in [0.05, 0.1) is 18.5 Å². The zero-order valence-corrected chi connectivity index (χ0v) is 20.0. The van der Waals surface area contributed by atoms with Crippen molar-refractivity contribution in [2.45, 2.75) is 6.92 Å². The molecule has 172 valence electrons. The van der Waals surface area contributed by atoms with Crippen molar-refractivity contribution in [2.75, 3.05) is 16.9 Å². The second kappa shape index (κ2) is 10.2. The van der Waals surface area contributed by atoms with Gasteiger partial charge in [0, 0.05) is 22.7 Å². The summed E-state index contributed by atoms with van der Waals surface area (Å²) in [7, 11) is 1.75. The lowest BCUT2D eigenvalue weighted by Gasteiger charge is -2.32. The van der Waals surface area contributed by atoms with Gasteiger partial charge in [0.15, 0.2) is 5.75 Å². The Bertz CT molecular complexity index is 1190. The maximum Gasteiger partial charge on any atom is 0.166 e. The zero-order valence-electron chi connectivity index (χ0n) is 20.0. The molecule has 0 atom stereocenters. The van der Waals surface area contributed by atoms with Crippen LogP contribution in [0.2, 0.25) is 0 Å². The minimum atomic E-state index is 0.802. The molecular weight excluding hydrogens is 428 g/mol. The molecule has 0 unspecified atom stereocenters. The average Bonchev–Trinajstić information content (AvgIpc) is 2.91. The number of benzene rings is 5. The van der Waals surface area contributed by atoms with E-state index in [1.165, 1.54) is 0 Å². The van der Waals surface area contributed by atoms with Crippen LogP contribution < -0.4 is 14.5 Å². The largest absolute Gasteiger partial charge is 0.492 e. The van der Waals surface area contributed by atoms with Crippen molar-refractivity contribution >= 4 is 34.1 Å². The Morgan fingerprint density at radius 3 is 1.00 bits per heavy atom. The summed E-state index contributed by atoms with van der Waals surface area (Å²) in [6, 6.07) is 46.1. The number of rotatable bonds is 7. The van der Waals surface area contributed by atoms with Crippen LogP contribution in [0.25, 0.3) is 0 Å². The summed E-state index contributed by atoms with van der Waals surface area (Å²) in [5.41, 5.74) is 7.39. The third kappa shape index (κ3) is 4.62. The molecule has 0 aliphatic heterocycles. The number of nitrogens with zero attached hydrogens (tertiary/aromatic N) is 2. The number of ether oxygens (including phenoxy) is 1. The van der Waals surface area contributed by atoms with Crippen molar-refractivity contribution in [3.63, 3.8) is 0 Å². The number of hydrogen-bond acceptors (Lipinski definition) is 3. The van der Waals surface area contributed by atoms with Gasteiger partial charge in [-0.1, -0.05) is 72.8 Å². The van der Waals surface area contributed by atoms with Crippen molar-refractivity contribution in [3.05, 3.63) is 139 Å². The summed E-state index contributed by atoms with van der Waals surface area (Å²) in [6.45, 7) is 2.13. The predicted molar refractivity (Wildman–Crippen MR) is 147 cm³/mol. The summed E-state index contributed by atoms with van der Waals surface area (Å²) >= 11 is 0. The summed E-state index contributed by atoms with van der Waals surface area (Å²) in [5.74, 6) is 0.802. The monoisotopic (exact) mass is 456 g/mol. The number of hydrogen-bond donors (Lipinski definition) is 0. The fourth-order valence-corrected chi connectivity index (χ4v) is 4.44. The van der Waals surface area contributed by atoms with Crippen LogP contribution in [0, 0.1) is 6.92 Å². The van der Waals surface area contributed by atoms with Crippen LogP contribution in [0.3, 0.4) is 0 Å². The van der Waals surface area contributed by atoms with Gasteiger partial charge >= 0.3 is 0 Å². The second-order valence-corrected chi connectivity index (χ2v) is 8.35. The van der Waals surface area contributed by atoms with Crippen LogP contribution in [0.4, 0.5) is 34.1 Å². The minimum absolute atomic E-state index is 0.802. The van der Waals surface area contributed by atoms with Gasteiger partial charge in [0.25, 0.3) is 0 Å². The highest BCUT2D eigenvalue weighted by molar-refractivity contribution is 5.89. The molecule has 0 aliphatic rings. The van der Waals surface area contributed by atoms with Gasteiger partial charge in [-0.15, -0.1) is 0 Å². The summed E-state index contributed by atoms with van der Waals surface area (Å²) < 4.78 is 6.20. The summed E-state index contributed by atoms with van der Waals surface area (Å²) in [6.07, 6.45) is 0. The standard InChI is InChI=1S/C32H28N2O/c1-25-23-30(33(26-15-7-3-8-16-26)27-17-9-4-10-18-27)32(35-2)31(24-25)34(28-19-11-5-12-20-28)29-21-13-6-14-22-29/h3-24H,1-2H3. The van der Waals surface area contributed by atoms with E-state index >= 15 is 0 Å². The van der Waals surface area contributed by atoms with Crippen molar-refractivity contribution in [1.82, 2.24) is 0 Å². The number of aryl methyl sites for hydroxylation is 1. The van der Waals surface area contributed by atoms with Crippen LogP contribution in [0.5, 0.6) is 5.75 Å². The van der Waals surface area contributed by atoms with E-state index in [-0.39, 0.29) is 0 Å². The molecule has 3 nitrogen and oxygen atoms in total. The predicted octanol–water partition coefficient (Wildman–Crippen LogP) is 8.94. The van der Waals surface area contributed by atoms with Gasteiger partial charge in [0.2, 0.25) is 0 Å². The lowest BCUT2D eigenvalue weighted by molar-refractivity contribution is 0.417. The molecule has 0 saturated heterocycles. The molecule has 5 aromatic carbocycles. The normalized spacial score (nSPS) is 10.6. The Morgan fingerprint density at radius 2 is 0.743 bits per heavy atom. The molecule has 5 rings (SSSR count). The van der Waals surface area contributed by atoms with Gasteiger partial charge in [-0.2, -0.15) is 0 Å². The quantitative estimate of drug-likeness (QED) is 0.243. The fraction of sp³-hybridized carbons (Fsp3) is 0.0625. The molecule has 0 spiro atoms. The first-order valence-corrected chi connectivity index (χ1v) is 11.8. The van der Waals surface area contributed by atoms with Crippen molar-refractivity contribution in [2.24, 2.45) is 0 Å². The molecule has 0 aliphatic carbocycles. The van der Waals surface area contributed by atoms with E-state index in [1.54, 1.807) is 7.11 Å². The Hall–Kier alpha value is -4.50. The number of methoxy groups -OCH3 is 1. The summed E-state index contributed by atoms with van der Waals surface area (Å²) in [4.78, 5) is 4.51. The number of para-hydroxylation sites is 4. The molecule has 3 heteroatoms. The molecule has 0 fully saturated rings. The third-order valence-electron chi connectivity index (χ3n) is 5.94.